The molecule has 0 aromatic heterocycles. The van der Waals surface area contributed by atoms with E-state index in [4.69, 9.17) is 9.47 Å². The summed E-state index contributed by atoms with van der Waals surface area (Å²) >= 11 is 1.27. The minimum absolute atomic E-state index is 0.219. The molecule has 6 nitrogen and oxygen atoms in total. The van der Waals surface area contributed by atoms with Crippen LogP contribution in [0.15, 0.2) is 88.3 Å². The number of para-hydroxylation sites is 2. The second-order valence-corrected chi connectivity index (χ2v) is 8.63. The zero-order chi connectivity index (χ0) is 24.1. The predicted molar refractivity (Wildman–Crippen MR) is 135 cm³/mol. The number of aryl methyl sites for hydroxylation is 1. The van der Waals surface area contributed by atoms with Crippen molar-refractivity contribution in [3.63, 3.8) is 0 Å². The number of carbonyl (C=O) groups is 2. The Morgan fingerprint density at radius 1 is 0.824 bits per heavy atom. The highest BCUT2D eigenvalue weighted by atomic mass is 32.2. The van der Waals surface area contributed by atoms with Crippen molar-refractivity contribution in [3.8, 4) is 11.5 Å². The van der Waals surface area contributed by atoms with E-state index in [0.29, 0.717) is 41.0 Å². The lowest BCUT2D eigenvalue weighted by molar-refractivity contribution is -0.120. The first-order valence-electron chi connectivity index (χ1n) is 11.1. The maximum absolute atomic E-state index is 13.6. The third kappa shape index (κ3) is 4.94. The van der Waals surface area contributed by atoms with E-state index in [-0.39, 0.29) is 11.6 Å². The fourth-order valence-corrected chi connectivity index (χ4v) is 4.44. The van der Waals surface area contributed by atoms with Gasteiger partial charge in [-0.2, -0.15) is 0 Å². The van der Waals surface area contributed by atoms with E-state index < -0.39 is 5.91 Å². The van der Waals surface area contributed by atoms with Crippen molar-refractivity contribution < 1.29 is 19.1 Å². The molecule has 3 aromatic carbocycles. The number of imide groups is 1. The molecule has 1 aliphatic heterocycles. The second kappa shape index (κ2) is 10.5. The Balaban J connectivity index is 1.72. The van der Waals surface area contributed by atoms with Crippen LogP contribution in [0.25, 0.3) is 0 Å². The molecule has 34 heavy (non-hydrogen) atoms. The van der Waals surface area contributed by atoms with Crippen LogP contribution >= 0.6 is 11.8 Å². The minimum atomic E-state index is -0.421. The fourth-order valence-electron chi connectivity index (χ4n) is 3.52. The Bertz CT molecular complexity index is 1220. The van der Waals surface area contributed by atoms with Crippen LogP contribution in [-0.4, -0.2) is 25.0 Å². The summed E-state index contributed by atoms with van der Waals surface area (Å²) in [6.45, 7) is 6.81. The van der Waals surface area contributed by atoms with Crippen LogP contribution in [0.1, 0.15) is 19.4 Å². The summed E-state index contributed by atoms with van der Waals surface area (Å²) in [4.78, 5) is 29.5. The molecule has 0 saturated heterocycles. The number of benzene rings is 3. The minimum Gasteiger partial charge on any atom is -0.494 e. The normalized spacial score (nSPS) is 13.4. The lowest BCUT2D eigenvalue weighted by atomic mass is 10.2. The number of anilines is 2. The van der Waals surface area contributed by atoms with Gasteiger partial charge in [0.05, 0.1) is 24.6 Å². The van der Waals surface area contributed by atoms with Gasteiger partial charge in [-0.1, -0.05) is 41.6 Å². The van der Waals surface area contributed by atoms with Gasteiger partial charge in [0, 0.05) is 4.90 Å². The molecule has 1 heterocycles. The summed E-state index contributed by atoms with van der Waals surface area (Å²) in [5.74, 6) is 0.486. The van der Waals surface area contributed by atoms with E-state index in [1.807, 2.05) is 69.3 Å². The van der Waals surface area contributed by atoms with Crippen LogP contribution in [0.4, 0.5) is 11.4 Å². The number of nitrogens with zero attached hydrogens (tertiary/aromatic N) is 1. The Morgan fingerprint density at radius 2 is 1.50 bits per heavy atom. The van der Waals surface area contributed by atoms with Gasteiger partial charge < -0.3 is 14.8 Å². The Labute approximate surface area is 203 Å². The first-order chi connectivity index (χ1) is 16.5. The van der Waals surface area contributed by atoms with Crippen molar-refractivity contribution in [1.29, 1.82) is 0 Å². The van der Waals surface area contributed by atoms with E-state index in [1.165, 1.54) is 16.7 Å². The SMILES string of the molecule is CCOc1ccc(N2C(=O)C(Nc3ccccc3OCC)=C(Sc3ccc(C)cc3)C2=O)cc1. The van der Waals surface area contributed by atoms with Gasteiger partial charge in [0.15, 0.2) is 0 Å². The molecular weight excluding hydrogens is 448 g/mol. The van der Waals surface area contributed by atoms with Crippen LogP contribution in [0.5, 0.6) is 11.5 Å². The topological polar surface area (TPSA) is 67.9 Å². The molecule has 174 valence electrons. The summed E-state index contributed by atoms with van der Waals surface area (Å²) in [5.41, 5.74) is 2.44. The van der Waals surface area contributed by atoms with Gasteiger partial charge in [-0.3, -0.25) is 9.59 Å². The average molecular weight is 475 g/mol. The zero-order valence-electron chi connectivity index (χ0n) is 19.3. The van der Waals surface area contributed by atoms with Crippen molar-refractivity contribution in [3.05, 3.63) is 89.0 Å². The largest absolute Gasteiger partial charge is 0.494 e. The first-order valence-corrected chi connectivity index (χ1v) is 11.9. The molecule has 2 amide bonds. The fraction of sp³-hybridized carbons (Fsp3) is 0.185. The maximum atomic E-state index is 13.6. The third-order valence-electron chi connectivity index (χ3n) is 5.13. The number of carbonyl (C=O) groups excluding carboxylic acids is 2. The molecule has 0 saturated carbocycles. The Kier molecular flexibility index (Phi) is 7.23. The van der Waals surface area contributed by atoms with Gasteiger partial charge in [-0.25, -0.2) is 4.90 Å². The van der Waals surface area contributed by atoms with Gasteiger partial charge in [-0.15, -0.1) is 0 Å². The maximum Gasteiger partial charge on any atom is 0.283 e. The number of nitrogens with one attached hydrogen (secondary N) is 1. The monoisotopic (exact) mass is 474 g/mol. The van der Waals surface area contributed by atoms with E-state index in [1.54, 1.807) is 24.3 Å². The molecule has 0 spiro atoms. The zero-order valence-corrected chi connectivity index (χ0v) is 20.1. The molecule has 0 bridgehead atoms. The highest BCUT2D eigenvalue weighted by Crippen LogP contribution is 2.39. The molecule has 0 fully saturated rings. The number of hydrogen-bond donors (Lipinski definition) is 1. The number of thioether (sulfide) groups is 1. The van der Waals surface area contributed by atoms with Crippen molar-refractivity contribution >= 4 is 35.0 Å². The lowest BCUT2D eigenvalue weighted by Gasteiger charge is -2.16. The molecule has 1 aliphatic rings. The summed E-state index contributed by atoms with van der Waals surface area (Å²) in [7, 11) is 0. The average Bonchev–Trinajstić information content (AvgIpc) is 3.06. The molecule has 1 N–H and O–H groups in total. The molecule has 0 aliphatic carbocycles. The van der Waals surface area contributed by atoms with Crippen LogP contribution in [0.2, 0.25) is 0 Å². The first kappa shape index (κ1) is 23.4. The summed E-state index contributed by atoms with van der Waals surface area (Å²) in [5, 5.41) is 3.18. The van der Waals surface area contributed by atoms with Gasteiger partial charge in [0.25, 0.3) is 11.8 Å². The third-order valence-corrected chi connectivity index (χ3v) is 6.23. The highest BCUT2D eigenvalue weighted by molar-refractivity contribution is 8.04. The van der Waals surface area contributed by atoms with Crippen molar-refractivity contribution in [2.24, 2.45) is 0 Å². The molecule has 7 heteroatoms. The van der Waals surface area contributed by atoms with E-state index in [0.717, 1.165) is 10.5 Å². The van der Waals surface area contributed by atoms with E-state index in [9.17, 15) is 9.59 Å². The van der Waals surface area contributed by atoms with Gasteiger partial charge in [0.2, 0.25) is 0 Å². The highest BCUT2D eigenvalue weighted by Gasteiger charge is 2.40. The van der Waals surface area contributed by atoms with Crippen LogP contribution in [0, 0.1) is 6.92 Å². The number of amides is 2. The van der Waals surface area contributed by atoms with Crippen LogP contribution in [0.3, 0.4) is 0 Å². The van der Waals surface area contributed by atoms with Gasteiger partial charge >= 0.3 is 0 Å². The number of rotatable bonds is 9. The quantitative estimate of drug-likeness (QED) is 0.397. The smallest absolute Gasteiger partial charge is 0.283 e. The molecule has 0 unspecified atom stereocenters. The van der Waals surface area contributed by atoms with Crippen LogP contribution < -0.4 is 19.7 Å². The summed E-state index contributed by atoms with van der Waals surface area (Å²) in [6, 6.07) is 22.1. The number of hydrogen-bond acceptors (Lipinski definition) is 6. The molecule has 3 aromatic rings. The van der Waals surface area contributed by atoms with Crippen LogP contribution in [-0.2, 0) is 9.59 Å². The Morgan fingerprint density at radius 3 is 2.18 bits per heavy atom. The van der Waals surface area contributed by atoms with Gasteiger partial charge in [0.1, 0.15) is 22.1 Å². The van der Waals surface area contributed by atoms with Crippen molar-refractivity contribution in [1.82, 2.24) is 0 Å². The molecule has 4 rings (SSSR count). The van der Waals surface area contributed by atoms with Crippen molar-refractivity contribution in [2.45, 2.75) is 25.7 Å². The number of ether oxygens (including phenoxy) is 2. The summed E-state index contributed by atoms with van der Waals surface area (Å²) in [6.07, 6.45) is 0. The molecule has 0 radical (unpaired) electrons. The second-order valence-electron chi connectivity index (χ2n) is 7.55. The van der Waals surface area contributed by atoms with Gasteiger partial charge in [-0.05, 0) is 69.3 Å². The Hall–Kier alpha value is -3.71. The standard InChI is InChI=1S/C27H26N2O4S/c1-4-32-20-14-12-19(13-15-20)29-26(30)24(28-22-8-6-7-9-23(22)33-5-2)25(27(29)31)34-21-16-10-18(3)11-17-21/h6-17,28H,4-5H2,1-3H3. The predicted octanol–water partition coefficient (Wildman–Crippen LogP) is 5.78. The molecular formula is C27H26N2O4S. The van der Waals surface area contributed by atoms with E-state index in [2.05, 4.69) is 5.32 Å². The van der Waals surface area contributed by atoms with E-state index >= 15 is 0 Å². The summed E-state index contributed by atoms with van der Waals surface area (Å²) < 4.78 is 11.2. The molecule has 0 atom stereocenters. The van der Waals surface area contributed by atoms with Crippen molar-refractivity contribution in [2.75, 3.05) is 23.4 Å². The lowest BCUT2D eigenvalue weighted by Crippen LogP contribution is -2.32.